The van der Waals surface area contributed by atoms with E-state index >= 15 is 0 Å². The predicted molar refractivity (Wildman–Crippen MR) is 48.0 cm³/mol. The summed E-state index contributed by atoms with van der Waals surface area (Å²) < 4.78 is 0. The molecule has 0 aromatic carbocycles. The van der Waals surface area contributed by atoms with Gasteiger partial charge in [-0.3, -0.25) is 10.1 Å². The third kappa shape index (κ3) is 1.83. The average Bonchev–Trinajstić information content (AvgIpc) is 2.02. The van der Waals surface area contributed by atoms with Crippen LogP contribution in [0.1, 0.15) is 0 Å². The van der Waals surface area contributed by atoms with Gasteiger partial charge >= 0.3 is 5.69 Å². The van der Waals surface area contributed by atoms with Crippen LogP contribution in [0.2, 0.25) is 5.15 Å². The van der Waals surface area contributed by atoms with Gasteiger partial charge in [0.05, 0.1) is 4.92 Å². The maximum atomic E-state index is 10.6. The van der Waals surface area contributed by atoms with Crippen LogP contribution in [-0.4, -0.2) is 29.0 Å². The van der Waals surface area contributed by atoms with E-state index in [-0.39, 0.29) is 16.7 Å². The lowest BCUT2D eigenvalue weighted by Crippen LogP contribution is -2.13. The molecule has 0 spiro atoms. The van der Waals surface area contributed by atoms with E-state index in [0.29, 0.717) is 0 Å². The fourth-order valence-corrected chi connectivity index (χ4v) is 1.03. The van der Waals surface area contributed by atoms with Crippen molar-refractivity contribution in [1.29, 1.82) is 0 Å². The van der Waals surface area contributed by atoms with E-state index in [1.165, 1.54) is 11.2 Å². The summed E-state index contributed by atoms with van der Waals surface area (Å²) in [5.41, 5.74) is -0.269. The van der Waals surface area contributed by atoms with Gasteiger partial charge in [-0.05, 0) is 0 Å². The van der Waals surface area contributed by atoms with Crippen molar-refractivity contribution < 1.29 is 4.92 Å². The molecule has 1 heterocycles. The lowest BCUT2D eigenvalue weighted by molar-refractivity contribution is -0.384. The number of hydrogen-bond acceptors (Lipinski definition) is 5. The molecule has 0 atom stereocenters. The van der Waals surface area contributed by atoms with Crippen molar-refractivity contribution in [2.75, 3.05) is 19.0 Å². The average molecular weight is 203 g/mol. The number of nitrogens with zero attached hydrogens (tertiary/aromatic N) is 4. The molecule has 0 bridgehead atoms. The maximum absolute atomic E-state index is 10.6. The Labute approximate surface area is 79.3 Å². The quantitative estimate of drug-likeness (QED) is 0.408. The Morgan fingerprint density at radius 2 is 2.15 bits per heavy atom. The minimum Gasteiger partial charge on any atom is -0.357 e. The molecule has 13 heavy (non-hydrogen) atoms. The van der Waals surface area contributed by atoms with Crippen molar-refractivity contribution in [1.82, 2.24) is 9.97 Å². The van der Waals surface area contributed by atoms with Crippen molar-refractivity contribution in [2.24, 2.45) is 0 Å². The van der Waals surface area contributed by atoms with Gasteiger partial charge < -0.3 is 4.90 Å². The normalized spacial score (nSPS) is 9.77. The van der Waals surface area contributed by atoms with Crippen LogP contribution in [0.15, 0.2) is 6.33 Å². The molecule has 0 amide bonds. The van der Waals surface area contributed by atoms with Gasteiger partial charge in [-0.2, -0.15) is 0 Å². The van der Waals surface area contributed by atoms with Crippen LogP contribution in [0.5, 0.6) is 0 Å². The molecule has 0 unspecified atom stereocenters. The third-order valence-electron chi connectivity index (χ3n) is 1.36. The lowest BCUT2D eigenvalue weighted by atomic mass is 10.4. The third-order valence-corrected chi connectivity index (χ3v) is 1.64. The molecule has 1 aromatic heterocycles. The van der Waals surface area contributed by atoms with Crippen molar-refractivity contribution in [2.45, 2.75) is 0 Å². The van der Waals surface area contributed by atoms with Gasteiger partial charge in [0.25, 0.3) is 0 Å². The van der Waals surface area contributed by atoms with Gasteiger partial charge in [0.1, 0.15) is 6.33 Å². The highest BCUT2D eigenvalue weighted by Gasteiger charge is 2.22. The second-order valence-corrected chi connectivity index (χ2v) is 2.85. The molecule has 0 saturated heterocycles. The fourth-order valence-electron chi connectivity index (χ4n) is 0.833. The Morgan fingerprint density at radius 3 is 2.54 bits per heavy atom. The summed E-state index contributed by atoms with van der Waals surface area (Å²) in [5, 5.41) is 10.4. The van der Waals surface area contributed by atoms with E-state index in [4.69, 9.17) is 11.6 Å². The second kappa shape index (κ2) is 3.53. The lowest BCUT2D eigenvalue weighted by Gasteiger charge is -2.10. The van der Waals surface area contributed by atoms with Gasteiger partial charge in [0.2, 0.25) is 11.0 Å². The molecule has 0 aliphatic rings. The van der Waals surface area contributed by atoms with Crippen LogP contribution in [-0.2, 0) is 0 Å². The van der Waals surface area contributed by atoms with E-state index in [1.807, 2.05) is 0 Å². The minimum atomic E-state index is -0.600. The number of halogens is 1. The fraction of sp³-hybridized carbons (Fsp3) is 0.333. The van der Waals surface area contributed by atoms with Crippen molar-refractivity contribution in [3.8, 4) is 0 Å². The molecule has 0 N–H and O–H groups in total. The number of anilines is 1. The topological polar surface area (TPSA) is 72.2 Å². The second-order valence-electron chi connectivity index (χ2n) is 2.49. The first-order valence-electron chi connectivity index (χ1n) is 3.36. The first-order valence-corrected chi connectivity index (χ1v) is 3.74. The number of hydrogen-bond donors (Lipinski definition) is 0. The Bertz CT molecular complexity index is 341. The molecule has 0 aliphatic carbocycles. The summed E-state index contributed by atoms with van der Waals surface area (Å²) in [5.74, 6) is 0.199. The first-order chi connectivity index (χ1) is 6.04. The van der Waals surface area contributed by atoms with Gasteiger partial charge in [-0.25, -0.2) is 9.97 Å². The summed E-state index contributed by atoms with van der Waals surface area (Å²) in [6.45, 7) is 0. The first kappa shape index (κ1) is 9.66. The zero-order valence-corrected chi connectivity index (χ0v) is 7.82. The van der Waals surface area contributed by atoms with Gasteiger partial charge in [0.15, 0.2) is 0 Å². The SMILES string of the molecule is CN(C)c1ncnc(Cl)c1[N+](=O)[O-]. The Kier molecular flexibility index (Phi) is 2.62. The van der Waals surface area contributed by atoms with Crippen LogP contribution in [0.3, 0.4) is 0 Å². The van der Waals surface area contributed by atoms with E-state index in [2.05, 4.69) is 9.97 Å². The highest BCUT2D eigenvalue weighted by atomic mass is 35.5. The zero-order valence-electron chi connectivity index (χ0n) is 7.06. The molecule has 7 heteroatoms. The predicted octanol–water partition coefficient (Wildman–Crippen LogP) is 1.10. The van der Waals surface area contributed by atoms with E-state index < -0.39 is 4.92 Å². The summed E-state index contributed by atoms with van der Waals surface area (Å²) in [7, 11) is 3.29. The summed E-state index contributed by atoms with van der Waals surface area (Å²) in [4.78, 5) is 18.7. The molecule has 0 aliphatic heterocycles. The maximum Gasteiger partial charge on any atom is 0.348 e. The van der Waals surface area contributed by atoms with E-state index in [0.717, 1.165) is 0 Å². The molecular formula is C6H7ClN4O2. The van der Waals surface area contributed by atoms with Gasteiger partial charge in [-0.1, -0.05) is 11.6 Å². The Hall–Kier alpha value is -1.43. The smallest absolute Gasteiger partial charge is 0.348 e. The van der Waals surface area contributed by atoms with Crippen LogP contribution in [0.4, 0.5) is 11.5 Å². The van der Waals surface area contributed by atoms with Crippen molar-refractivity contribution in [3.05, 3.63) is 21.6 Å². The highest BCUT2D eigenvalue weighted by molar-refractivity contribution is 6.31. The van der Waals surface area contributed by atoms with Crippen molar-refractivity contribution >= 4 is 23.1 Å². The number of rotatable bonds is 2. The van der Waals surface area contributed by atoms with Crippen LogP contribution in [0.25, 0.3) is 0 Å². The molecule has 6 nitrogen and oxygen atoms in total. The van der Waals surface area contributed by atoms with Gasteiger partial charge in [-0.15, -0.1) is 0 Å². The minimum absolute atomic E-state index is 0.149. The number of aromatic nitrogens is 2. The molecule has 0 saturated carbocycles. The Morgan fingerprint density at radius 1 is 1.54 bits per heavy atom. The zero-order chi connectivity index (χ0) is 10.0. The molecular weight excluding hydrogens is 196 g/mol. The highest BCUT2D eigenvalue weighted by Crippen LogP contribution is 2.29. The Balaban J connectivity index is 3.34. The number of nitro groups is 1. The van der Waals surface area contributed by atoms with E-state index in [9.17, 15) is 10.1 Å². The van der Waals surface area contributed by atoms with Crippen molar-refractivity contribution in [3.63, 3.8) is 0 Å². The summed E-state index contributed by atoms with van der Waals surface area (Å²) in [6, 6.07) is 0. The van der Waals surface area contributed by atoms with Crippen LogP contribution < -0.4 is 4.90 Å². The van der Waals surface area contributed by atoms with Gasteiger partial charge in [0, 0.05) is 14.1 Å². The van der Waals surface area contributed by atoms with E-state index in [1.54, 1.807) is 14.1 Å². The molecule has 70 valence electrons. The standard InChI is InChI=1S/C6H7ClN4O2/c1-10(2)6-4(11(12)13)5(7)8-3-9-6/h3H,1-2H3. The molecule has 1 rings (SSSR count). The van der Waals surface area contributed by atoms with Crippen LogP contribution >= 0.6 is 11.6 Å². The molecule has 0 fully saturated rings. The summed E-state index contributed by atoms with van der Waals surface area (Å²) in [6.07, 6.45) is 1.19. The molecule has 1 aromatic rings. The largest absolute Gasteiger partial charge is 0.357 e. The monoisotopic (exact) mass is 202 g/mol. The summed E-state index contributed by atoms with van der Waals surface area (Å²) >= 11 is 5.55. The van der Waals surface area contributed by atoms with Crippen LogP contribution in [0, 0.1) is 10.1 Å². The molecule has 0 radical (unpaired) electrons.